The highest BCUT2D eigenvalue weighted by molar-refractivity contribution is 6.35. The van der Waals surface area contributed by atoms with Crippen molar-refractivity contribution in [2.24, 2.45) is 5.73 Å². The van der Waals surface area contributed by atoms with Crippen LogP contribution in [0.4, 0.5) is 15.0 Å². The zero-order valence-electron chi connectivity index (χ0n) is 26.5. The summed E-state index contributed by atoms with van der Waals surface area (Å²) >= 11 is 6.95. The predicted octanol–water partition coefficient (Wildman–Crippen LogP) is 6.54. The minimum absolute atomic E-state index is 0.0367. The first-order chi connectivity index (χ1) is 22.1. The summed E-state index contributed by atoms with van der Waals surface area (Å²) in [7, 11) is 1.54. The number of methoxy groups -OCH3 is 1. The maximum absolute atomic E-state index is 16.9. The van der Waals surface area contributed by atoms with E-state index >= 15 is 4.39 Å². The first-order valence-corrected chi connectivity index (χ1v) is 15.9. The number of fused-ring (bicyclic) bond motifs is 4. The quantitative estimate of drug-likeness (QED) is 0.159. The molecule has 0 aliphatic carbocycles. The van der Waals surface area contributed by atoms with Crippen molar-refractivity contribution in [1.82, 2.24) is 14.9 Å². The van der Waals surface area contributed by atoms with Crippen LogP contribution in [-0.4, -0.2) is 78.8 Å². The van der Waals surface area contributed by atoms with E-state index in [1.54, 1.807) is 12.1 Å². The number of amides is 1. The maximum Gasteiger partial charge on any atom is 0.410 e. The van der Waals surface area contributed by atoms with Crippen molar-refractivity contribution in [3.05, 3.63) is 53.3 Å². The lowest BCUT2D eigenvalue weighted by Gasteiger charge is -2.42. The number of anilines is 1. The summed E-state index contributed by atoms with van der Waals surface area (Å²) in [6, 6.07) is 12.9. The number of hydrogen-bond acceptors (Lipinski definition) is 9. The molecule has 0 saturated carbocycles. The topological polar surface area (TPSA) is 112 Å². The molecule has 244 valence electrons. The molecule has 2 bridgehead atoms. The minimum atomic E-state index is -0.598. The van der Waals surface area contributed by atoms with Gasteiger partial charge in [0.2, 0.25) is 0 Å². The molecule has 4 aromatic rings. The second-order valence-electron chi connectivity index (χ2n) is 12.7. The Morgan fingerprint density at radius 3 is 2.50 bits per heavy atom. The normalized spacial score (nSPS) is 18.0. The van der Waals surface area contributed by atoms with Gasteiger partial charge in [0.25, 0.3) is 0 Å². The highest BCUT2D eigenvalue weighted by atomic mass is 35.5. The Bertz CT molecular complexity index is 1750. The van der Waals surface area contributed by atoms with Gasteiger partial charge in [0, 0.05) is 31.1 Å². The molecule has 0 spiro atoms. The Labute approximate surface area is 272 Å². The molecule has 2 N–H and O–H groups in total. The molecule has 10 nitrogen and oxygen atoms in total. The third-order valence-corrected chi connectivity index (χ3v) is 8.55. The van der Waals surface area contributed by atoms with Gasteiger partial charge in [-0.1, -0.05) is 35.9 Å². The van der Waals surface area contributed by atoms with Crippen molar-refractivity contribution in [2.75, 3.05) is 45.0 Å². The van der Waals surface area contributed by atoms with Gasteiger partial charge in [-0.3, -0.25) is 4.90 Å². The third-order valence-electron chi connectivity index (χ3n) is 8.26. The summed E-state index contributed by atoms with van der Waals surface area (Å²) < 4.78 is 39.4. The van der Waals surface area contributed by atoms with Crippen LogP contribution in [0.5, 0.6) is 11.8 Å². The number of halogens is 2. The van der Waals surface area contributed by atoms with Crippen LogP contribution in [0.15, 0.2) is 42.5 Å². The summed E-state index contributed by atoms with van der Waals surface area (Å²) in [5.74, 6) is 0.417. The van der Waals surface area contributed by atoms with Crippen LogP contribution in [0, 0.1) is 5.82 Å². The summed E-state index contributed by atoms with van der Waals surface area (Å²) in [5, 5.41) is 2.32. The Morgan fingerprint density at radius 1 is 1.07 bits per heavy atom. The molecule has 12 heteroatoms. The van der Waals surface area contributed by atoms with Gasteiger partial charge in [-0.05, 0) is 81.1 Å². The Hall–Kier alpha value is -3.93. The van der Waals surface area contributed by atoms with Crippen molar-refractivity contribution < 1.29 is 28.1 Å². The monoisotopic (exact) mass is 651 g/mol. The van der Waals surface area contributed by atoms with Gasteiger partial charge in [-0.2, -0.15) is 9.97 Å². The molecule has 3 aromatic carbocycles. The fraction of sp³-hybridized carbons (Fsp3) is 0.441. The maximum atomic E-state index is 16.9. The van der Waals surface area contributed by atoms with Crippen LogP contribution >= 0.6 is 11.6 Å². The zero-order valence-corrected chi connectivity index (χ0v) is 27.3. The molecule has 1 aromatic heterocycles. The molecule has 2 aliphatic heterocycles. The van der Waals surface area contributed by atoms with Gasteiger partial charge in [0.15, 0.2) is 12.6 Å². The van der Waals surface area contributed by atoms with Crippen LogP contribution in [-0.2, 0) is 9.47 Å². The second-order valence-corrected chi connectivity index (χ2v) is 13.1. The summed E-state index contributed by atoms with van der Waals surface area (Å²) in [4.78, 5) is 26.3. The molecule has 2 saturated heterocycles. The zero-order chi connectivity index (χ0) is 32.6. The molecule has 0 radical (unpaired) electrons. The largest absolute Gasteiger partial charge is 0.468 e. The number of nitrogens with zero attached hydrogens (tertiary/aromatic N) is 4. The lowest BCUT2D eigenvalue weighted by atomic mass is 9.96. The molecular formula is C34H39ClFN5O5. The molecular weight excluding hydrogens is 613 g/mol. The number of carbonyl (C=O) groups is 1. The SMILES string of the molecule is COCOc1cc(-c2c(Cl)cc3c(N4CC5CCC(C4)N5C(=O)OC(C)(C)C)nc(OCCCN)nc3c2F)c2ccccc2c1. The highest BCUT2D eigenvalue weighted by Crippen LogP contribution is 2.43. The van der Waals surface area contributed by atoms with Crippen molar-refractivity contribution in [3.63, 3.8) is 0 Å². The highest BCUT2D eigenvalue weighted by Gasteiger charge is 2.45. The van der Waals surface area contributed by atoms with Crippen LogP contribution < -0.4 is 20.1 Å². The van der Waals surface area contributed by atoms with Crippen LogP contribution in [0.25, 0.3) is 32.8 Å². The van der Waals surface area contributed by atoms with Gasteiger partial charge in [-0.15, -0.1) is 0 Å². The summed E-state index contributed by atoms with van der Waals surface area (Å²) in [5.41, 5.74) is 5.93. The average Bonchev–Trinajstić information content (AvgIpc) is 3.28. The van der Waals surface area contributed by atoms with Crippen molar-refractivity contribution >= 4 is 45.2 Å². The molecule has 2 aliphatic rings. The molecule has 3 heterocycles. The van der Waals surface area contributed by atoms with Gasteiger partial charge >= 0.3 is 12.1 Å². The number of nitrogens with two attached hydrogens (primary N) is 1. The smallest absolute Gasteiger partial charge is 0.410 e. The van der Waals surface area contributed by atoms with E-state index in [1.807, 2.05) is 56.0 Å². The second kappa shape index (κ2) is 13.1. The number of carbonyl (C=O) groups excluding carboxylic acids is 1. The van der Waals surface area contributed by atoms with Crippen molar-refractivity contribution in [2.45, 2.75) is 57.7 Å². The third kappa shape index (κ3) is 6.36. The fourth-order valence-corrected chi connectivity index (χ4v) is 6.64. The van der Waals surface area contributed by atoms with E-state index in [0.717, 1.165) is 23.6 Å². The van der Waals surface area contributed by atoms with Crippen LogP contribution in [0.2, 0.25) is 5.02 Å². The number of benzene rings is 3. The van der Waals surface area contributed by atoms with Crippen molar-refractivity contribution in [1.29, 1.82) is 0 Å². The van der Waals surface area contributed by atoms with Crippen molar-refractivity contribution in [3.8, 4) is 22.9 Å². The Morgan fingerprint density at radius 2 is 1.80 bits per heavy atom. The molecule has 46 heavy (non-hydrogen) atoms. The van der Waals surface area contributed by atoms with Gasteiger partial charge in [0.1, 0.15) is 22.7 Å². The van der Waals surface area contributed by atoms with Gasteiger partial charge < -0.3 is 29.6 Å². The number of ether oxygens (including phenoxy) is 4. The Balaban J connectivity index is 1.46. The number of hydrogen-bond donors (Lipinski definition) is 1. The van der Waals surface area contributed by atoms with Crippen LogP contribution in [0.3, 0.4) is 0 Å². The van der Waals surface area contributed by atoms with E-state index < -0.39 is 11.4 Å². The standard InChI is InChI=1S/C34H39ClFN5O5/c1-34(2,3)46-33(42)41-21-10-11-22(41)18-40(17-21)31-26-16-27(35)28(29(36)30(26)38-32(39-31)44-13-7-12-37)25-15-23(45-19-43-4)14-20-8-5-6-9-24(20)25/h5-6,8-9,14-16,21-22H,7,10-13,17-19,37H2,1-4H3. The van der Waals surface area contributed by atoms with Gasteiger partial charge in [0.05, 0.1) is 23.7 Å². The minimum Gasteiger partial charge on any atom is -0.468 e. The van der Waals surface area contributed by atoms with Crippen LogP contribution in [0.1, 0.15) is 40.0 Å². The molecule has 2 fully saturated rings. The number of rotatable bonds is 9. The van der Waals surface area contributed by atoms with E-state index in [0.29, 0.717) is 48.6 Å². The first kappa shape index (κ1) is 32.0. The molecule has 2 unspecified atom stereocenters. The lowest BCUT2D eigenvalue weighted by Crippen LogP contribution is -2.57. The predicted molar refractivity (Wildman–Crippen MR) is 176 cm³/mol. The van der Waals surface area contributed by atoms with E-state index in [4.69, 9.17) is 41.3 Å². The summed E-state index contributed by atoms with van der Waals surface area (Å²) in [6.07, 6.45) is 1.93. The van der Waals surface area contributed by atoms with Gasteiger partial charge in [-0.25, -0.2) is 9.18 Å². The molecule has 1 amide bonds. The molecule has 2 atom stereocenters. The number of aromatic nitrogens is 2. The lowest BCUT2D eigenvalue weighted by molar-refractivity contribution is 0.0122. The molecule has 6 rings (SSSR count). The fourth-order valence-electron chi connectivity index (χ4n) is 6.35. The van der Waals surface area contributed by atoms with E-state index in [-0.39, 0.29) is 53.7 Å². The first-order valence-electron chi connectivity index (χ1n) is 15.5. The van der Waals surface area contributed by atoms with E-state index in [9.17, 15) is 4.79 Å². The number of piperazine rings is 1. The summed E-state index contributed by atoms with van der Waals surface area (Å²) in [6.45, 7) is 7.32. The van der Waals surface area contributed by atoms with E-state index in [2.05, 4.69) is 9.88 Å². The average molecular weight is 652 g/mol. The Kier molecular flexibility index (Phi) is 9.09. The van der Waals surface area contributed by atoms with E-state index in [1.165, 1.54) is 7.11 Å².